The lowest BCUT2D eigenvalue weighted by atomic mass is 9.96. The third-order valence-electron chi connectivity index (χ3n) is 2.36. The number of aliphatic hydroxyl groups is 1. The quantitative estimate of drug-likeness (QED) is 0.709. The predicted molar refractivity (Wildman–Crippen MR) is 59.3 cm³/mol. The van der Waals surface area contributed by atoms with Crippen molar-refractivity contribution in [2.24, 2.45) is 0 Å². The van der Waals surface area contributed by atoms with Crippen molar-refractivity contribution in [2.75, 3.05) is 19.8 Å². The van der Waals surface area contributed by atoms with Crippen LogP contribution in [-0.4, -0.2) is 36.0 Å². The maximum Gasteiger partial charge on any atom is 0.311 e. The second-order valence-electron chi connectivity index (χ2n) is 3.57. The molecular formula is C12H15FO4. The van der Waals surface area contributed by atoms with Crippen LogP contribution in [0.4, 0.5) is 4.39 Å². The van der Waals surface area contributed by atoms with Crippen LogP contribution in [0.5, 0.6) is 0 Å². The fraction of sp³-hybridized carbons (Fsp3) is 0.417. The first-order valence-electron chi connectivity index (χ1n) is 5.32. The van der Waals surface area contributed by atoms with Crippen LogP contribution in [0.1, 0.15) is 17.9 Å². The van der Waals surface area contributed by atoms with Crippen molar-refractivity contribution in [3.8, 4) is 0 Å². The fourth-order valence-electron chi connectivity index (χ4n) is 1.50. The molecule has 4 nitrogen and oxygen atoms in total. The predicted octanol–water partition coefficient (Wildman–Crippen LogP) is 1.39. The summed E-state index contributed by atoms with van der Waals surface area (Å²) in [5.41, 5.74) is 0.548. The minimum Gasteiger partial charge on any atom is -0.481 e. The van der Waals surface area contributed by atoms with E-state index in [9.17, 15) is 9.18 Å². The third kappa shape index (κ3) is 4.50. The lowest BCUT2D eigenvalue weighted by molar-refractivity contribution is -0.139. The molecule has 5 heteroatoms. The van der Waals surface area contributed by atoms with Crippen LogP contribution in [0.15, 0.2) is 24.3 Å². The average molecular weight is 242 g/mol. The summed E-state index contributed by atoms with van der Waals surface area (Å²) < 4.78 is 17.7. The summed E-state index contributed by atoms with van der Waals surface area (Å²) in [5.74, 6) is -2.08. The van der Waals surface area contributed by atoms with Crippen LogP contribution >= 0.6 is 0 Å². The van der Waals surface area contributed by atoms with E-state index in [1.54, 1.807) is 0 Å². The standard InChI is InChI=1S/C12H15FO4/c13-10-3-1-9(2-4-10)11(12(15)16)5-7-17-8-6-14/h1-4,11,14H,5-8H2,(H,15,16). The van der Waals surface area contributed by atoms with E-state index in [-0.39, 0.29) is 19.8 Å². The monoisotopic (exact) mass is 242 g/mol. The topological polar surface area (TPSA) is 66.8 Å². The van der Waals surface area contributed by atoms with Crippen LogP contribution in [0.3, 0.4) is 0 Å². The normalized spacial score (nSPS) is 12.4. The van der Waals surface area contributed by atoms with E-state index >= 15 is 0 Å². The Bertz CT molecular complexity index is 350. The van der Waals surface area contributed by atoms with Crippen LogP contribution in [0, 0.1) is 5.82 Å². The minimum atomic E-state index is -0.968. The number of halogens is 1. The molecule has 0 spiro atoms. The van der Waals surface area contributed by atoms with Gasteiger partial charge in [0.15, 0.2) is 0 Å². The van der Waals surface area contributed by atoms with Crippen LogP contribution in [-0.2, 0) is 9.53 Å². The molecule has 0 saturated heterocycles. The van der Waals surface area contributed by atoms with Crippen molar-refractivity contribution in [3.05, 3.63) is 35.6 Å². The maximum absolute atomic E-state index is 12.7. The first-order valence-corrected chi connectivity index (χ1v) is 5.32. The van der Waals surface area contributed by atoms with Crippen molar-refractivity contribution in [3.63, 3.8) is 0 Å². The first kappa shape index (κ1) is 13.6. The molecule has 0 aliphatic rings. The second kappa shape index (κ2) is 6.98. The Morgan fingerprint density at radius 2 is 1.94 bits per heavy atom. The number of carboxylic acids is 1. The summed E-state index contributed by atoms with van der Waals surface area (Å²) in [6, 6.07) is 5.39. The summed E-state index contributed by atoms with van der Waals surface area (Å²) in [6.07, 6.45) is 0.293. The summed E-state index contributed by atoms with van der Waals surface area (Å²) in [5, 5.41) is 17.6. The molecule has 1 atom stereocenters. The molecule has 0 saturated carbocycles. The van der Waals surface area contributed by atoms with Gasteiger partial charge in [-0.15, -0.1) is 0 Å². The molecule has 0 bridgehead atoms. The number of hydrogen-bond acceptors (Lipinski definition) is 3. The molecule has 0 heterocycles. The zero-order valence-electron chi connectivity index (χ0n) is 9.30. The minimum absolute atomic E-state index is 0.0890. The van der Waals surface area contributed by atoms with Gasteiger partial charge in [-0.05, 0) is 24.1 Å². The number of rotatable bonds is 7. The average Bonchev–Trinajstić information content (AvgIpc) is 2.30. The van der Waals surface area contributed by atoms with E-state index in [4.69, 9.17) is 14.9 Å². The number of ether oxygens (including phenoxy) is 1. The molecule has 0 aliphatic carbocycles. The van der Waals surface area contributed by atoms with Gasteiger partial charge in [-0.3, -0.25) is 4.79 Å². The van der Waals surface area contributed by atoms with E-state index in [0.717, 1.165) is 0 Å². The fourth-order valence-corrected chi connectivity index (χ4v) is 1.50. The summed E-state index contributed by atoms with van der Waals surface area (Å²) >= 11 is 0. The smallest absolute Gasteiger partial charge is 0.311 e. The van der Waals surface area contributed by atoms with Gasteiger partial charge >= 0.3 is 5.97 Å². The zero-order chi connectivity index (χ0) is 12.7. The van der Waals surface area contributed by atoms with Crippen molar-refractivity contribution in [2.45, 2.75) is 12.3 Å². The SMILES string of the molecule is O=C(O)C(CCOCCO)c1ccc(F)cc1. The van der Waals surface area contributed by atoms with Crippen molar-refractivity contribution >= 4 is 5.97 Å². The summed E-state index contributed by atoms with van der Waals surface area (Å²) in [6.45, 7) is 0.346. The maximum atomic E-state index is 12.7. The summed E-state index contributed by atoms with van der Waals surface area (Å²) in [7, 11) is 0. The van der Waals surface area contributed by atoms with Gasteiger partial charge in [-0.2, -0.15) is 0 Å². The third-order valence-corrected chi connectivity index (χ3v) is 2.36. The Hall–Kier alpha value is -1.46. The highest BCUT2D eigenvalue weighted by atomic mass is 19.1. The Morgan fingerprint density at radius 1 is 1.29 bits per heavy atom. The molecule has 1 aromatic carbocycles. The lowest BCUT2D eigenvalue weighted by Crippen LogP contribution is -2.15. The van der Waals surface area contributed by atoms with E-state index in [2.05, 4.69) is 0 Å². The zero-order valence-corrected chi connectivity index (χ0v) is 9.30. The van der Waals surface area contributed by atoms with Gasteiger partial charge < -0.3 is 14.9 Å². The molecule has 0 aliphatic heterocycles. The number of benzene rings is 1. The van der Waals surface area contributed by atoms with Crippen LogP contribution in [0.25, 0.3) is 0 Å². The highest BCUT2D eigenvalue weighted by Gasteiger charge is 2.19. The largest absolute Gasteiger partial charge is 0.481 e. The van der Waals surface area contributed by atoms with Crippen molar-refractivity contribution in [1.29, 1.82) is 0 Å². The Morgan fingerprint density at radius 3 is 2.47 bits per heavy atom. The van der Waals surface area contributed by atoms with E-state index in [1.165, 1.54) is 24.3 Å². The highest BCUT2D eigenvalue weighted by molar-refractivity contribution is 5.76. The Balaban J connectivity index is 2.59. The molecule has 17 heavy (non-hydrogen) atoms. The molecule has 2 N–H and O–H groups in total. The van der Waals surface area contributed by atoms with Gasteiger partial charge in [0, 0.05) is 6.61 Å². The number of carboxylic acid groups (broad SMARTS) is 1. The molecule has 0 fully saturated rings. The van der Waals surface area contributed by atoms with Crippen molar-refractivity contribution < 1.29 is 24.1 Å². The Labute approximate surface area is 98.7 Å². The molecule has 1 rings (SSSR count). The van der Waals surface area contributed by atoms with Gasteiger partial charge in [0.25, 0.3) is 0 Å². The van der Waals surface area contributed by atoms with Crippen LogP contribution in [0.2, 0.25) is 0 Å². The van der Waals surface area contributed by atoms with Gasteiger partial charge in [0.05, 0.1) is 19.1 Å². The second-order valence-corrected chi connectivity index (χ2v) is 3.57. The van der Waals surface area contributed by atoms with E-state index in [1.807, 2.05) is 0 Å². The number of aliphatic carboxylic acids is 1. The Kier molecular flexibility index (Phi) is 5.59. The van der Waals surface area contributed by atoms with Crippen molar-refractivity contribution in [1.82, 2.24) is 0 Å². The molecule has 0 amide bonds. The van der Waals surface area contributed by atoms with Gasteiger partial charge in [0.2, 0.25) is 0 Å². The van der Waals surface area contributed by atoms with Gasteiger partial charge in [-0.25, -0.2) is 4.39 Å². The van der Waals surface area contributed by atoms with Gasteiger partial charge in [-0.1, -0.05) is 12.1 Å². The molecule has 0 aromatic heterocycles. The lowest BCUT2D eigenvalue weighted by Gasteiger charge is -2.12. The van der Waals surface area contributed by atoms with E-state index in [0.29, 0.717) is 12.0 Å². The number of hydrogen-bond donors (Lipinski definition) is 2. The molecule has 0 radical (unpaired) electrons. The van der Waals surface area contributed by atoms with Crippen LogP contribution < -0.4 is 0 Å². The molecule has 1 aromatic rings. The van der Waals surface area contributed by atoms with E-state index < -0.39 is 17.7 Å². The number of carbonyl (C=O) groups is 1. The molecular weight excluding hydrogens is 227 g/mol. The van der Waals surface area contributed by atoms with Gasteiger partial charge in [0.1, 0.15) is 5.82 Å². The first-order chi connectivity index (χ1) is 8.15. The highest BCUT2D eigenvalue weighted by Crippen LogP contribution is 2.20. The molecule has 94 valence electrons. The number of aliphatic hydroxyl groups excluding tert-OH is 1. The summed E-state index contributed by atoms with van der Waals surface area (Å²) in [4.78, 5) is 11.0. The molecule has 1 unspecified atom stereocenters.